The van der Waals surface area contributed by atoms with Gasteiger partial charge in [0.05, 0.1) is 25.2 Å². The first-order valence-electron chi connectivity index (χ1n) is 12.9. The summed E-state index contributed by atoms with van der Waals surface area (Å²) in [6.07, 6.45) is 19.2. The normalized spacial score (nSPS) is 11.6. The van der Waals surface area contributed by atoms with Crippen LogP contribution >= 0.6 is 0 Å². The molecule has 3 N–H and O–H groups in total. The molecule has 0 aliphatic rings. The van der Waals surface area contributed by atoms with Gasteiger partial charge >= 0.3 is 0 Å². The van der Waals surface area contributed by atoms with Gasteiger partial charge in [0.15, 0.2) is 0 Å². The van der Waals surface area contributed by atoms with E-state index in [9.17, 15) is 0 Å². The van der Waals surface area contributed by atoms with Crippen LogP contribution in [0.2, 0.25) is 0 Å². The Labute approximate surface area is 190 Å². The summed E-state index contributed by atoms with van der Waals surface area (Å²) in [5.74, 6) is 0. The Morgan fingerprint density at radius 3 is 0.806 bits per heavy atom. The number of rotatable bonds is 27. The van der Waals surface area contributed by atoms with Crippen molar-refractivity contribution in [3.63, 3.8) is 0 Å². The maximum atomic E-state index is 8.80. The molecule has 0 aromatic rings. The Bertz CT molecular complexity index is 275. The van der Waals surface area contributed by atoms with Crippen LogP contribution < -0.4 is 0 Å². The maximum absolute atomic E-state index is 8.80. The summed E-state index contributed by atoms with van der Waals surface area (Å²) in [4.78, 5) is 17.0. The summed E-state index contributed by atoms with van der Waals surface area (Å²) in [5.41, 5.74) is 0. The molecule has 0 saturated carbocycles. The second-order valence-electron chi connectivity index (χ2n) is 8.26. The summed E-state index contributed by atoms with van der Waals surface area (Å²) >= 11 is 0. The van der Waals surface area contributed by atoms with Crippen LogP contribution in [0.1, 0.15) is 116 Å². The van der Waals surface area contributed by atoms with E-state index in [0.717, 1.165) is 116 Å². The topological polar surface area (TPSA) is 91.6 Å². The van der Waals surface area contributed by atoms with Gasteiger partial charge in [-0.2, -0.15) is 0 Å². The first-order chi connectivity index (χ1) is 15.3. The van der Waals surface area contributed by atoms with Gasteiger partial charge in [0.1, 0.15) is 0 Å². The standard InChI is InChI=1S/C24H51NO6/c26-19-13-7-1-4-10-16-22-29-25(30-23-17-11-5-2-8-14-20-27)31-24-18-12-6-3-9-15-21-28/h26-28H,1-24H2. The van der Waals surface area contributed by atoms with Crippen LogP contribution in [0.15, 0.2) is 0 Å². The molecular weight excluding hydrogens is 398 g/mol. The average molecular weight is 450 g/mol. The molecule has 0 amide bonds. The largest absolute Gasteiger partial charge is 0.396 e. The number of hydrogen-bond acceptors (Lipinski definition) is 7. The zero-order valence-electron chi connectivity index (χ0n) is 20.0. The monoisotopic (exact) mass is 449 g/mol. The number of nitrogens with zero attached hydrogens (tertiary/aromatic N) is 1. The van der Waals surface area contributed by atoms with Crippen LogP contribution in [0.25, 0.3) is 0 Å². The Morgan fingerprint density at radius 2 is 0.548 bits per heavy atom. The summed E-state index contributed by atoms with van der Waals surface area (Å²) in [6, 6.07) is 0. The van der Waals surface area contributed by atoms with Crippen molar-refractivity contribution in [2.24, 2.45) is 0 Å². The second-order valence-corrected chi connectivity index (χ2v) is 8.26. The maximum Gasteiger partial charge on any atom is 0.0766 e. The lowest BCUT2D eigenvalue weighted by molar-refractivity contribution is -0.526. The average Bonchev–Trinajstić information content (AvgIpc) is 2.78. The van der Waals surface area contributed by atoms with Gasteiger partial charge in [0.2, 0.25) is 0 Å². The molecule has 0 heterocycles. The number of unbranched alkanes of at least 4 members (excludes halogenated alkanes) is 15. The van der Waals surface area contributed by atoms with Gasteiger partial charge in [-0.3, -0.25) is 14.5 Å². The minimum atomic E-state index is 0.290. The SMILES string of the molecule is OCCCCCCCCON(OCCCCCCCCO)OCCCCCCCCO. The second kappa shape index (κ2) is 27.8. The molecule has 31 heavy (non-hydrogen) atoms. The van der Waals surface area contributed by atoms with Crippen LogP contribution in [-0.4, -0.2) is 60.4 Å². The smallest absolute Gasteiger partial charge is 0.0766 e. The number of aliphatic hydroxyl groups is 3. The van der Waals surface area contributed by atoms with Gasteiger partial charge in [-0.15, -0.1) is 0 Å². The highest BCUT2D eigenvalue weighted by molar-refractivity contribution is 4.46. The van der Waals surface area contributed by atoms with Crippen molar-refractivity contribution < 1.29 is 29.8 Å². The molecule has 0 saturated heterocycles. The molecule has 0 unspecified atom stereocenters. The fourth-order valence-electron chi connectivity index (χ4n) is 3.29. The van der Waals surface area contributed by atoms with Crippen LogP contribution in [0.5, 0.6) is 0 Å². The molecule has 188 valence electrons. The van der Waals surface area contributed by atoms with E-state index in [1.165, 1.54) is 5.39 Å². The van der Waals surface area contributed by atoms with Gasteiger partial charge in [0, 0.05) is 19.8 Å². The zero-order valence-corrected chi connectivity index (χ0v) is 20.0. The van der Waals surface area contributed by atoms with Crippen molar-refractivity contribution in [1.82, 2.24) is 5.39 Å². The van der Waals surface area contributed by atoms with E-state index in [1.54, 1.807) is 0 Å². The lowest BCUT2D eigenvalue weighted by Crippen LogP contribution is -2.26. The molecule has 7 nitrogen and oxygen atoms in total. The fourth-order valence-corrected chi connectivity index (χ4v) is 3.29. The Balaban J connectivity index is 3.82. The lowest BCUT2D eigenvalue weighted by atomic mass is 10.1. The van der Waals surface area contributed by atoms with Crippen molar-refractivity contribution in [3.05, 3.63) is 0 Å². The molecule has 0 fully saturated rings. The third-order valence-electron chi connectivity index (χ3n) is 5.25. The van der Waals surface area contributed by atoms with E-state index >= 15 is 0 Å². The van der Waals surface area contributed by atoms with E-state index in [-0.39, 0.29) is 19.8 Å². The fraction of sp³-hybridized carbons (Fsp3) is 1.00. The minimum absolute atomic E-state index is 0.290. The zero-order chi connectivity index (χ0) is 22.7. The molecule has 7 heteroatoms. The third-order valence-corrected chi connectivity index (χ3v) is 5.25. The predicted octanol–water partition coefficient (Wildman–Crippen LogP) is 5.08. The van der Waals surface area contributed by atoms with Crippen LogP contribution in [0.3, 0.4) is 0 Å². The summed E-state index contributed by atoms with van der Waals surface area (Å²) in [5, 5.41) is 27.6. The van der Waals surface area contributed by atoms with E-state index in [1.807, 2.05) is 0 Å². The van der Waals surface area contributed by atoms with Crippen molar-refractivity contribution in [1.29, 1.82) is 0 Å². The van der Waals surface area contributed by atoms with Crippen molar-refractivity contribution in [2.45, 2.75) is 116 Å². The van der Waals surface area contributed by atoms with Crippen molar-refractivity contribution >= 4 is 0 Å². The van der Waals surface area contributed by atoms with E-state index in [4.69, 9.17) is 29.8 Å². The summed E-state index contributed by atoms with van der Waals surface area (Å²) in [6.45, 7) is 2.63. The molecule has 0 bridgehead atoms. The van der Waals surface area contributed by atoms with Crippen molar-refractivity contribution in [3.8, 4) is 0 Å². The molecule has 0 spiro atoms. The van der Waals surface area contributed by atoms with Crippen LogP contribution in [0.4, 0.5) is 0 Å². The first kappa shape index (κ1) is 30.7. The predicted molar refractivity (Wildman–Crippen MR) is 124 cm³/mol. The molecule has 0 aromatic heterocycles. The highest BCUT2D eigenvalue weighted by Crippen LogP contribution is 2.10. The molecular formula is C24H51NO6. The third kappa shape index (κ3) is 25.9. The Hall–Kier alpha value is -0.280. The van der Waals surface area contributed by atoms with E-state index in [0.29, 0.717) is 19.8 Å². The summed E-state index contributed by atoms with van der Waals surface area (Å²) < 4.78 is 0. The quantitative estimate of drug-likeness (QED) is 0.119. The van der Waals surface area contributed by atoms with Crippen LogP contribution in [0, 0.1) is 0 Å². The van der Waals surface area contributed by atoms with Gasteiger partial charge in [-0.05, 0) is 38.5 Å². The summed E-state index contributed by atoms with van der Waals surface area (Å²) in [7, 11) is 0. The molecule has 0 rings (SSSR count). The van der Waals surface area contributed by atoms with Gasteiger partial charge in [-0.1, -0.05) is 77.0 Å². The highest BCUT2D eigenvalue weighted by atomic mass is 17.2. The molecule has 0 radical (unpaired) electrons. The lowest BCUT2D eigenvalue weighted by Gasteiger charge is -2.20. The highest BCUT2D eigenvalue weighted by Gasteiger charge is 2.07. The van der Waals surface area contributed by atoms with Crippen LogP contribution in [-0.2, 0) is 14.5 Å². The molecule has 0 aliphatic heterocycles. The first-order valence-corrected chi connectivity index (χ1v) is 12.9. The number of hydrogen-bond donors (Lipinski definition) is 3. The molecule has 0 atom stereocenters. The van der Waals surface area contributed by atoms with E-state index in [2.05, 4.69) is 0 Å². The van der Waals surface area contributed by atoms with Gasteiger partial charge in [-0.25, -0.2) is 0 Å². The minimum Gasteiger partial charge on any atom is -0.396 e. The Morgan fingerprint density at radius 1 is 0.323 bits per heavy atom. The number of aliphatic hydroxyl groups excluding tert-OH is 3. The Kier molecular flexibility index (Phi) is 27.5. The molecule has 0 aliphatic carbocycles. The van der Waals surface area contributed by atoms with Gasteiger partial charge < -0.3 is 15.3 Å². The van der Waals surface area contributed by atoms with Crippen molar-refractivity contribution in [2.75, 3.05) is 39.6 Å². The van der Waals surface area contributed by atoms with E-state index < -0.39 is 0 Å². The van der Waals surface area contributed by atoms with Gasteiger partial charge in [0.25, 0.3) is 0 Å². The molecule has 0 aromatic carbocycles.